The average molecular weight is 448 g/mol. The van der Waals surface area contributed by atoms with Gasteiger partial charge in [-0.3, -0.25) is 19.8 Å². The monoisotopic (exact) mass is 447 g/mol. The van der Waals surface area contributed by atoms with Crippen molar-refractivity contribution in [3.8, 4) is 0 Å². The number of para-hydroxylation sites is 1. The molecule has 0 spiro atoms. The summed E-state index contributed by atoms with van der Waals surface area (Å²) in [6.45, 7) is 4.28. The number of thiazole rings is 1. The van der Waals surface area contributed by atoms with Gasteiger partial charge in [-0.05, 0) is 35.9 Å². The molecule has 0 atom stereocenters. The summed E-state index contributed by atoms with van der Waals surface area (Å²) in [7, 11) is 0. The van der Waals surface area contributed by atoms with Crippen LogP contribution in [0.5, 0.6) is 0 Å². The van der Waals surface area contributed by atoms with Gasteiger partial charge in [0.25, 0.3) is 0 Å². The zero-order chi connectivity index (χ0) is 21.9. The van der Waals surface area contributed by atoms with Crippen molar-refractivity contribution in [2.45, 2.75) is 6.54 Å². The fourth-order valence-electron chi connectivity index (χ4n) is 3.66. The van der Waals surface area contributed by atoms with Crippen LogP contribution in [-0.4, -0.2) is 42.1 Å². The third-order valence-corrected chi connectivity index (χ3v) is 6.25. The van der Waals surface area contributed by atoms with E-state index in [-0.39, 0.29) is 11.3 Å². The smallest absolute Gasteiger partial charge is 0.250 e. The van der Waals surface area contributed by atoms with E-state index in [2.05, 4.69) is 27.3 Å². The Kier molecular flexibility index (Phi) is 5.81. The number of benzene rings is 2. The first-order valence-electron chi connectivity index (χ1n) is 10.3. The van der Waals surface area contributed by atoms with Crippen molar-refractivity contribution in [3.05, 3.63) is 76.2 Å². The Bertz CT molecular complexity index is 1370. The molecular formula is C24H21N3O4S. The van der Waals surface area contributed by atoms with E-state index in [1.165, 1.54) is 35.3 Å². The lowest BCUT2D eigenvalue weighted by atomic mass is 10.1. The summed E-state index contributed by atoms with van der Waals surface area (Å²) >= 11 is 1.43. The van der Waals surface area contributed by atoms with Gasteiger partial charge in [0.2, 0.25) is 5.91 Å². The highest BCUT2D eigenvalue weighted by Gasteiger charge is 2.12. The second kappa shape index (κ2) is 9.04. The number of aromatic nitrogens is 1. The van der Waals surface area contributed by atoms with Crippen LogP contribution in [0.15, 0.2) is 64.0 Å². The fourth-order valence-corrected chi connectivity index (χ4v) is 4.59. The van der Waals surface area contributed by atoms with Crippen molar-refractivity contribution in [1.82, 2.24) is 9.88 Å². The maximum Gasteiger partial charge on any atom is 0.250 e. The largest absolute Gasteiger partial charge is 0.463 e. The fraction of sp³-hybridized carbons (Fsp3) is 0.208. The number of hydrogen-bond donors (Lipinski definition) is 1. The maximum atomic E-state index is 12.5. The molecule has 4 aromatic rings. The molecule has 0 radical (unpaired) electrons. The van der Waals surface area contributed by atoms with Gasteiger partial charge >= 0.3 is 0 Å². The molecule has 1 amide bonds. The number of fused-ring (bicyclic) bond motifs is 2. The summed E-state index contributed by atoms with van der Waals surface area (Å²) < 4.78 is 11.9. The maximum absolute atomic E-state index is 12.5. The van der Waals surface area contributed by atoms with Crippen molar-refractivity contribution in [2.24, 2.45) is 0 Å². The number of nitrogens with one attached hydrogen (secondary N) is 1. The number of nitrogens with zero attached hydrogens (tertiary/aromatic N) is 2. The molecule has 2 aromatic heterocycles. The van der Waals surface area contributed by atoms with Crippen LogP contribution in [0.25, 0.3) is 27.3 Å². The molecule has 1 aliphatic rings. The standard InChI is InChI=1S/C24H21N3O4S/c28-22(8-6-17-15-31-20-4-2-1-3-18(20)23(17)29)26-24-25-19-7-5-16(13-21(19)32-24)14-27-9-11-30-12-10-27/h1-8,13,15H,9-12,14H2,(H,25,26,28)/b8-6+. The number of carbonyl (C=O) groups is 1. The second-order valence-electron chi connectivity index (χ2n) is 7.55. The molecule has 1 saturated heterocycles. The number of anilines is 1. The topological polar surface area (TPSA) is 84.7 Å². The van der Waals surface area contributed by atoms with E-state index in [1.54, 1.807) is 24.3 Å². The van der Waals surface area contributed by atoms with Crippen LogP contribution in [0.3, 0.4) is 0 Å². The van der Waals surface area contributed by atoms with E-state index in [4.69, 9.17) is 9.15 Å². The van der Waals surface area contributed by atoms with Crippen LogP contribution in [0, 0.1) is 0 Å². The summed E-state index contributed by atoms with van der Waals surface area (Å²) in [5.74, 6) is -0.356. The van der Waals surface area contributed by atoms with E-state index in [0.29, 0.717) is 21.7 Å². The lowest BCUT2D eigenvalue weighted by Gasteiger charge is -2.26. The van der Waals surface area contributed by atoms with Gasteiger partial charge < -0.3 is 9.15 Å². The SMILES string of the molecule is O=C(/C=C/c1coc2ccccc2c1=O)Nc1nc2ccc(CN3CCOCC3)cc2s1. The van der Waals surface area contributed by atoms with Crippen molar-refractivity contribution in [3.63, 3.8) is 0 Å². The molecule has 1 N–H and O–H groups in total. The lowest BCUT2D eigenvalue weighted by molar-refractivity contribution is -0.111. The van der Waals surface area contributed by atoms with Gasteiger partial charge in [-0.2, -0.15) is 0 Å². The summed E-state index contributed by atoms with van der Waals surface area (Å²) in [6.07, 6.45) is 4.14. The third kappa shape index (κ3) is 4.47. The molecule has 0 saturated carbocycles. The first-order chi connectivity index (χ1) is 15.7. The van der Waals surface area contributed by atoms with Crippen LogP contribution < -0.4 is 10.7 Å². The molecule has 2 aromatic carbocycles. The minimum absolute atomic E-state index is 0.177. The Balaban J connectivity index is 1.28. The molecule has 5 rings (SSSR count). The average Bonchev–Trinajstić information content (AvgIpc) is 3.21. The summed E-state index contributed by atoms with van der Waals surface area (Å²) in [6, 6.07) is 13.2. The number of carbonyl (C=O) groups excluding carboxylic acids is 1. The number of morpholine rings is 1. The van der Waals surface area contributed by atoms with Gasteiger partial charge in [-0.15, -0.1) is 0 Å². The normalized spacial score (nSPS) is 15.0. The molecule has 1 aliphatic heterocycles. The van der Waals surface area contributed by atoms with Gasteiger partial charge in [0.1, 0.15) is 11.8 Å². The number of hydrogen-bond acceptors (Lipinski definition) is 7. The van der Waals surface area contributed by atoms with Gasteiger partial charge in [0.05, 0.1) is 34.4 Å². The van der Waals surface area contributed by atoms with Crippen LogP contribution >= 0.6 is 11.3 Å². The van der Waals surface area contributed by atoms with Crippen molar-refractivity contribution in [2.75, 3.05) is 31.6 Å². The summed E-state index contributed by atoms with van der Waals surface area (Å²) in [4.78, 5) is 31.8. The van der Waals surface area contributed by atoms with Crippen LogP contribution in [-0.2, 0) is 16.1 Å². The quantitative estimate of drug-likeness (QED) is 0.468. The van der Waals surface area contributed by atoms with Crippen molar-refractivity contribution in [1.29, 1.82) is 0 Å². The molecular weight excluding hydrogens is 426 g/mol. The number of rotatable bonds is 5. The van der Waals surface area contributed by atoms with Crippen LogP contribution in [0.4, 0.5) is 5.13 Å². The predicted molar refractivity (Wildman–Crippen MR) is 126 cm³/mol. The Hall–Kier alpha value is -3.33. The molecule has 0 unspecified atom stereocenters. The summed E-state index contributed by atoms with van der Waals surface area (Å²) in [5, 5.41) is 3.78. The minimum Gasteiger partial charge on any atom is -0.463 e. The Morgan fingerprint density at radius 2 is 2.03 bits per heavy atom. The highest BCUT2D eigenvalue weighted by molar-refractivity contribution is 7.22. The zero-order valence-electron chi connectivity index (χ0n) is 17.2. The summed E-state index contributed by atoms with van der Waals surface area (Å²) in [5.41, 5.74) is 2.71. The molecule has 0 bridgehead atoms. The van der Waals surface area contributed by atoms with E-state index in [0.717, 1.165) is 43.1 Å². The molecule has 0 aliphatic carbocycles. The molecule has 1 fully saturated rings. The minimum atomic E-state index is -0.356. The predicted octanol–water partition coefficient (Wildman–Crippen LogP) is 3.89. The van der Waals surface area contributed by atoms with Gasteiger partial charge in [0, 0.05) is 25.7 Å². The highest BCUT2D eigenvalue weighted by atomic mass is 32.1. The molecule has 32 heavy (non-hydrogen) atoms. The first-order valence-corrected chi connectivity index (χ1v) is 11.2. The van der Waals surface area contributed by atoms with Crippen molar-refractivity contribution < 1.29 is 13.9 Å². The van der Waals surface area contributed by atoms with Gasteiger partial charge in [0.15, 0.2) is 10.6 Å². The van der Waals surface area contributed by atoms with E-state index < -0.39 is 0 Å². The van der Waals surface area contributed by atoms with Gasteiger partial charge in [-0.25, -0.2) is 4.98 Å². The Morgan fingerprint density at radius 3 is 2.91 bits per heavy atom. The lowest BCUT2D eigenvalue weighted by Crippen LogP contribution is -2.35. The first kappa shape index (κ1) is 20.6. The van der Waals surface area contributed by atoms with Crippen LogP contribution in [0.2, 0.25) is 0 Å². The van der Waals surface area contributed by atoms with E-state index >= 15 is 0 Å². The molecule has 162 valence electrons. The zero-order valence-corrected chi connectivity index (χ0v) is 18.1. The highest BCUT2D eigenvalue weighted by Crippen LogP contribution is 2.27. The van der Waals surface area contributed by atoms with Crippen LogP contribution in [0.1, 0.15) is 11.1 Å². The van der Waals surface area contributed by atoms with E-state index in [9.17, 15) is 9.59 Å². The number of ether oxygens (including phenoxy) is 1. The van der Waals surface area contributed by atoms with E-state index in [1.807, 2.05) is 6.07 Å². The second-order valence-corrected chi connectivity index (χ2v) is 8.58. The molecule has 3 heterocycles. The molecule has 8 heteroatoms. The van der Waals surface area contributed by atoms with Gasteiger partial charge in [-0.1, -0.05) is 29.5 Å². The Morgan fingerprint density at radius 1 is 1.19 bits per heavy atom. The third-order valence-electron chi connectivity index (χ3n) is 5.31. The number of amides is 1. The van der Waals surface area contributed by atoms with Crippen molar-refractivity contribution >= 4 is 49.6 Å². The Labute approximate surface area is 187 Å². The molecule has 7 nitrogen and oxygen atoms in total.